The number of hydrogen-bond acceptors (Lipinski definition) is 4. The number of piperazine rings is 1. The van der Waals surface area contributed by atoms with Crippen LogP contribution in [0.5, 0.6) is 0 Å². The van der Waals surface area contributed by atoms with Gasteiger partial charge < -0.3 is 21.1 Å². The number of carboxylic acids is 1. The van der Waals surface area contributed by atoms with Crippen LogP contribution in [0.1, 0.15) is 10.4 Å². The van der Waals surface area contributed by atoms with E-state index in [1.54, 1.807) is 6.07 Å². The normalized spacial score (nSPS) is 19.2. The van der Waals surface area contributed by atoms with Gasteiger partial charge in [0.1, 0.15) is 0 Å². The highest BCUT2D eigenvalue weighted by molar-refractivity contribution is 9.10. The molecule has 0 radical (unpaired) electrons. The van der Waals surface area contributed by atoms with Gasteiger partial charge in [-0.2, -0.15) is 0 Å². The zero-order valence-electron chi connectivity index (χ0n) is 10.2. The number of halogens is 2. The van der Waals surface area contributed by atoms with Crippen LogP contribution in [0.2, 0.25) is 5.02 Å². The van der Waals surface area contributed by atoms with Gasteiger partial charge in [-0.05, 0) is 28.1 Å². The van der Waals surface area contributed by atoms with E-state index >= 15 is 0 Å². The molecular formula is C12H15BrClN3O2. The van der Waals surface area contributed by atoms with E-state index in [1.165, 1.54) is 6.07 Å². The monoisotopic (exact) mass is 347 g/mol. The molecular weight excluding hydrogens is 334 g/mol. The van der Waals surface area contributed by atoms with Crippen molar-refractivity contribution >= 4 is 39.2 Å². The molecule has 0 bridgehead atoms. The molecule has 1 heterocycles. The fourth-order valence-electron chi connectivity index (χ4n) is 1.98. The molecule has 5 nitrogen and oxygen atoms in total. The molecule has 0 unspecified atom stereocenters. The van der Waals surface area contributed by atoms with E-state index in [0.717, 1.165) is 19.6 Å². The lowest BCUT2D eigenvalue weighted by molar-refractivity contribution is 0.0698. The summed E-state index contributed by atoms with van der Waals surface area (Å²) in [6, 6.07) is 3.43. The third-order valence-electron chi connectivity index (χ3n) is 2.98. The largest absolute Gasteiger partial charge is 0.478 e. The number of anilines is 1. The Morgan fingerprint density at radius 3 is 2.95 bits per heavy atom. The van der Waals surface area contributed by atoms with Gasteiger partial charge in [-0.15, -0.1) is 0 Å². The molecule has 0 amide bonds. The van der Waals surface area contributed by atoms with Crippen molar-refractivity contribution in [2.75, 3.05) is 31.5 Å². The van der Waals surface area contributed by atoms with Crippen LogP contribution in [0.3, 0.4) is 0 Å². The minimum absolute atomic E-state index is 0.178. The van der Waals surface area contributed by atoms with Crippen molar-refractivity contribution in [2.24, 2.45) is 0 Å². The van der Waals surface area contributed by atoms with Crippen molar-refractivity contribution in [2.45, 2.75) is 6.04 Å². The summed E-state index contributed by atoms with van der Waals surface area (Å²) < 4.78 is 0.677. The van der Waals surface area contributed by atoms with Crippen LogP contribution < -0.4 is 16.0 Å². The summed E-state index contributed by atoms with van der Waals surface area (Å²) in [6.07, 6.45) is 0. The number of aromatic carboxylic acids is 1. The third kappa shape index (κ3) is 3.60. The van der Waals surface area contributed by atoms with Gasteiger partial charge in [-0.1, -0.05) is 11.6 Å². The standard InChI is InChI=1S/C12H15BrClN3O2/c13-9-2-1-8(12(18)19)11(10(9)14)17-6-7-5-15-3-4-16-7/h1-2,7,15-17H,3-6H2,(H,18,19)/t7-/m1/s1. The maximum absolute atomic E-state index is 11.2. The third-order valence-corrected chi connectivity index (χ3v) is 4.26. The first-order valence-electron chi connectivity index (χ1n) is 5.99. The second-order valence-corrected chi connectivity index (χ2v) is 5.56. The van der Waals surface area contributed by atoms with Gasteiger partial charge in [0, 0.05) is 36.7 Å². The molecule has 0 saturated carbocycles. The molecule has 4 N–H and O–H groups in total. The van der Waals surface area contributed by atoms with Crippen molar-refractivity contribution in [1.82, 2.24) is 10.6 Å². The maximum atomic E-state index is 11.2. The summed E-state index contributed by atoms with van der Waals surface area (Å²) >= 11 is 9.45. The number of carbonyl (C=O) groups is 1. The lowest BCUT2D eigenvalue weighted by atomic mass is 10.1. The smallest absolute Gasteiger partial charge is 0.337 e. The lowest BCUT2D eigenvalue weighted by Gasteiger charge is -2.25. The SMILES string of the molecule is O=C(O)c1ccc(Br)c(Cl)c1NC[C@H]1CNCCN1. The minimum atomic E-state index is -0.994. The molecule has 1 aliphatic rings. The van der Waals surface area contributed by atoms with Crippen LogP contribution in [-0.4, -0.2) is 43.3 Å². The Bertz CT molecular complexity index is 478. The Morgan fingerprint density at radius 2 is 2.32 bits per heavy atom. The van der Waals surface area contributed by atoms with E-state index in [2.05, 4.69) is 31.9 Å². The fourth-order valence-corrected chi connectivity index (χ4v) is 2.55. The molecule has 104 valence electrons. The van der Waals surface area contributed by atoms with Crippen LogP contribution in [-0.2, 0) is 0 Å². The minimum Gasteiger partial charge on any atom is -0.478 e. The number of nitrogens with one attached hydrogen (secondary N) is 3. The van der Waals surface area contributed by atoms with Crippen LogP contribution in [0, 0.1) is 0 Å². The first-order valence-corrected chi connectivity index (χ1v) is 7.16. The van der Waals surface area contributed by atoms with E-state index in [1.807, 2.05) is 0 Å². The summed E-state index contributed by atoms with van der Waals surface area (Å²) in [5.41, 5.74) is 0.632. The Kier molecular flexibility index (Phi) is 5.04. The molecule has 1 aliphatic heterocycles. The summed E-state index contributed by atoms with van der Waals surface area (Å²) in [4.78, 5) is 11.2. The Hall–Kier alpha value is -0.820. The predicted molar refractivity (Wildman–Crippen MR) is 79.3 cm³/mol. The Labute approximate surface area is 124 Å². The Balaban J connectivity index is 2.13. The molecule has 7 heteroatoms. The highest BCUT2D eigenvalue weighted by Crippen LogP contribution is 2.33. The molecule has 0 aliphatic carbocycles. The topological polar surface area (TPSA) is 73.4 Å². The van der Waals surface area contributed by atoms with Gasteiger partial charge >= 0.3 is 5.97 Å². The number of carboxylic acid groups (broad SMARTS) is 1. The van der Waals surface area contributed by atoms with Crippen LogP contribution in [0.4, 0.5) is 5.69 Å². The second kappa shape index (κ2) is 6.56. The summed E-state index contributed by atoms with van der Waals surface area (Å²) in [6.45, 7) is 3.32. The molecule has 19 heavy (non-hydrogen) atoms. The molecule has 1 aromatic rings. The molecule has 1 aromatic carbocycles. The number of benzene rings is 1. The first kappa shape index (κ1) is 14.6. The van der Waals surface area contributed by atoms with Crippen molar-refractivity contribution in [3.8, 4) is 0 Å². The second-order valence-electron chi connectivity index (χ2n) is 4.33. The van der Waals surface area contributed by atoms with E-state index in [-0.39, 0.29) is 11.6 Å². The van der Waals surface area contributed by atoms with Crippen molar-refractivity contribution < 1.29 is 9.90 Å². The zero-order chi connectivity index (χ0) is 13.8. The van der Waals surface area contributed by atoms with E-state index in [0.29, 0.717) is 21.7 Å². The van der Waals surface area contributed by atoms with Gasteiger partial charge in [0.25, 0.3) is 0 Å². The van der Waals surface area contributed by atoms with Crippen LogP contribution in [0.25, 0.3) is 0 Å². The van der Waals surface area contributed by atoms with Crippen molar-refractivity contribution in [3.63, 3.8) is 0 Å². The lowest BCUT2D eigenvalue weighted by Crippen LogP contribution is -2.51. The molecule has 1 saturated heterocycles. The predicted octanol–water partition coefficient (Wildman–Crippen LogP) is 1.77. The fraction of sp³-hybridized carbons (Fsp3) is 0.417. The summed E-state index contributed by atoms with van der Waals surface area (Å²) in [5, 5.41) is 19.3. The summed E-state index contributed by atoms with van der Waals surface area (Å²) in [5.74, 6) is -0.994. The average molecular weight is 349 g/mol. The van der Waals surface area contributed by atoms with Gasteiger partial charge in [-0.3, -0.25) is 0 Å². The first-order chi connectivity index (χ1) is 9.09. The van der Waals surface area contributed by atoms with E-state index in [9.17, 15) is 9.90 Å². The van der Waals surface area contributed by atoms with E-state index < -0.39 is 5.97 Å². The van der Waals surface area contributed by atoms with Crippen molar-refractivity contribution in [3.05, 3.63) is 27.2 Å². The average Bonchev–Trinajstić information content (AvgIpc) is 2.41. The van der Waals surface area contributed by atoms with Gasteiger partial charge in [0.15, 0.2) is 0 Å². The number of hydrogen-bond donors (Lipinski definition) is 4. The maximum Gasteiger partial charge on any atom is 0.337 e. The molecule has 0 aromatic heterocycles. The van der Waals surface area contributed by atoms with Crippen molar-refractivity contribution in [1.29, 1.82) is 0 Å². The van der Waals surface area contributed by atoms with Crippen LogP contribution >= 0.6 is 27.5 Å². The number of rotatable bonds is 4. The molecule has 1 fully saturated rings. The highest BCUT2D eigenvalue weighted by atomic mass is 79.9. The molecule has 1 atom stereocenters. The van der Waals surface area contributed by atoms with Gasteiger partial charge in [0.2, 0.25) is 0 Å². The highest BCUT2D eigenvalue weighted by Gasteiger charge is 2.18. The molecule has 2 rings (SSSR count). The van der Waals surface area contributed by atoms with Crippen LogP contribution in [0.15, 0.2) is 16.6 Å². The van der Waals surface area contributed by atoms with E-state index in [4.69, 9.17) is 11.6 Å². The quantitative estimate of drug-likeness (QED) is 0.667. The zero-order valence-corrected chi connectivity index (χ0v) is 12.5. The molecule has 0 spiro atoms. The summed E-state index contributed by atoms with van der Waals surface area (Å²) in [7, 11) is 0. The van der Waals surface area contributed by atoms with Gasteiger partial charge in [0.05, 0.1) is 16.3 Å². The Morgan fingerprint density at radius 1 is 1.53 bits per heavy atom. The van der Waals surface area contributed by atoms with Gasteiger partial charge in [-0.25, -0.2) is 4.79 Å².